The van der Waals surface area contributed by atoms with Gasteiger partial charge in [-0.3, -0.25) is 0 Å². The molecule has 0 amide bonds. The highest BCUT2D eigenvalue weighted by Gasteiger charge is 2.28. The van der Waals surface area contributed by atoms with Gasteiger partial charge in [-0.2, -0.15) is 0 Å². The van der Waals surface area contributed by atoms with Crippen LogP contribution in [0.1, 0.15) is 0 Å². The first-order valence-electron chi connectivity index (χ1n) is 2.97. The lowest BCUT2D eigenvalue weighted by Gasteiger charge is -2.18. The highest BCUT2D eigenvalue weighted by molar-refractivity contribution is 5.72. The Bertz CT molecular complexity index is 139. The number of carboxylic acids is 1. The van der Waals surface area contributed by atoms with Crippen molar-refractivity contribution in [3.05, 3.63) is 0 Å². The summed E-state index contributed by atoms with van der Waals surface area (Å²) in [6.45, 7) is -0.300. The van der Waals surface area contributed by atoms with Gasteiger partial charge in [0.1, 0.15) is 6.10 Å². The van der Waals surface area contributed by atoms with E-state index in [9.17, 15) is 4.79 Å². The maximum absolute atomic E-state index is 10.00. The molecule has 0 aromatic rings. The third-order valence-electron chi connectivity index (χ3n) is 1.21. The van der Waals surface area contributed by atoms with Crippen LogP contribution in [0.25, 0.3) is 0 Å². The number of carbonyl (C=O) groups is 1. The van der Waals surface area contributed by atoms with Gasteiger partial charge in [0.2, 0.25) is 0 Å². The van der Waals surface area contributed by atoms with Crippen molar-refractivity contribution >= 4 is 5.97 Å². The summed E-state index contributed by atoms with van der Waals surface area (Å²) in [5.74, 6) is -1.59. The predicted octanol–water partition coefficient (Wildman–Crippen LogP) is -2.89. The van der Waals surface area contributed by atoms with Gasteiger partial charge in [0.05, 0.1) is 6.10 Å². The molecule has 0 saturated carbocycles. The lowest BCUT2D eigenvalue weighted by atomic mass is 10.1. The summed E-state index contributed by atoms with van der Waals surface area (Å²) in [6.07, 6.45) is -5.15. The molecule has 0 unspecified atom stereocenters. The number of carboxylic acid groups (broad SMARTS) is 1. The van der Waals surface area contributed by atoms with Gasteiger partial charge in [-0.05, 0) is 0 Å². The van der Waals surface area contributed by atoms with Crippen LogP contribution in [0.4, 0.5) is 0 Å². The van der Waals surface area contributed by atoms with E-state index in [0.29, 0.717) is 0 Å². The number of aliphatic hydroxyl groups excluding tert-OH is 3. The predicted molar refractivity (Wildman–Crippen MR) is 34.7 cm³/mol. The lowest BCUT2D eigenvalue weighted by molar-refractivity contribution is -0.157. The topological polar surface area (TPSA) is 124 Å². The fraction of sp³-hybridized carbons (Fsp3) is 0.800. The molecule has 0 aromatic carbocycles. The summed E-state index contributed by atoms with van der Waals surface area (Å²) in [5, 5.41) is 34.3. The van der Waals surface area contributed by atoms with Gasteiger partial charge >= 0.3 is 5.97 Å². The van der Waals surface area contributed by atoms with E-state index in [1.54, 1.807) is 0 Å². The summed E-state index contributed by atoms with van der Waals surface area (Å²) in [6, 6.07) is 0. The average molecular weight is 165 g/mol. The van der Waals surface area contributed by atoms with E-state index in [1.807, 2.05) is 0 Å². The molecule has 0 radical (unpaired) electrons. The van der Waals surface area contributed by atoms with Crippen LogP contribution in [-0.2, 0) is 4.79 Å². The van der Waals surface area contributed by atoms with E-state index < -0.39 is 24.3 Å². The average Bonchev–Trinajstić information content (AvgIpc) is 2.00. The Balaban J connectivity index is 4.00. The van der Waals surface area contributed by atoms with Crippen molar-refractivity contribution in [2.24, 2.45) is 5.73 Å². The van der Waals surface area contributed by atoms with E-state index in [0.717, 1.165) is 0 Å². The van der Waals surface area contributed by atoms with Crippen molar-refractivity contribution in [3.63, 3.8) is 0 Å². The molecular weight excluding hydrogens is 154 g/mol. The Kier molecular flexibility index (Phi) is 3.98. The first-order chi connectivity index (χ1) is 5.00. The van der Waals surface area contributed by atoms with Crippen molar-refractivity contribution in [1.82, 2.24) is 0 Å². The third kappa shape index (κ3) is 2.81. The number of hydrogen-bond donors (Lipinski definition) is 5. The van der Waals surface area contributed by atoms with Gasteiger partial charge < -0.3 is 26.2 Å². The van der Waals surface area contributed by atoms with E-state index in [4.69, 9.17) is 26.2 Å². The molecule has 0 aliphatic rings. The van der Waals surface area contributed by atoms with E-state index >= 15 is 0 Å². The molecule has 0 fully saturated rings. The Morgan fingerprint density at radius 2 is 1.82 bits per heavy atom. The number of aliphatic hydroxyl groups is 3. The second-order valence-corrected chi connectivity index (χ2v) is 2.08. The zero-order valence-electron chi connectivity index (χ0n) is 5.71. The fourth-order valence-electron chi connectivity index (χ4n) is 0.496. The van der Waals surface area contributed by atoms with Gasteiger partial charge in [0, 0.05) is 6.54 Å². The van der Waals surface area contributed by atoms with Crippen LogP contribution in [0.15, 0.2) is 0 Å². The molecule has 0 spiro atoms. The highest BCUT2D eigenvalue weighted by atomic mass is 16.4. The van der Waals surface area contributed by atoms with Gasteiger partial charge in [-0.1, -0.05) is 0 Å². The quantitative estimate of drug-likeness (QED) is 0.304. The zero-order chi connectivity index (χ0) is 9.02. The second-order valence-electron chi connectivity index (χ2n) is 2.08. The molecule has 0 aliphatic carbocycles. The number of nitrogens with two attached hydrogens (primary N) is 1. The minimum Gasteiger partial charge on any atom is -0.479 e. The molecule has 0 rings (SSSR count). The van der Waals surface area contributed by atoms with Crippen LogP contribution in [0.5, 0.6) is 0 Å². The molecule has 6 heteroatoms. The number of rotatable bonds is 4. The largest absolute Gasteiger partial charge is 0.479 e. The molecule has 0 aromatic heterocycles. The van der Waals surface area contributed by atoms with Gasteiger partial charge in [0.15, 0.2) is 6.10 Å². The van der Waals surface area contributed by atoms with Crippen molar-refractivity contribution in [2.45, 2.75) is 18.3 Å². The van der Waals surface area contributed by atoms with Crippen molar-refractivity contribution in [2.75, 3.05) is 6.54 Å². The molecule has 0 saturated heterocycles. The van der Waals surface area contributed by atoms with E-state index in [-0.39, 0.29) is 6.54 Å². The molecular formula is C5H11NO5. The first kappa shape index (κ1) is 10.3. The standard InChI is InChI=1S/C5H11NO5/c6-1-2(7)3(8)4(9)5(10)11/h2-4,7-9H,1,6H2,(H,10,11)/t2-,3-,4-/m1/s1. The first-order valence-corrected chi connectivity index (χ1v) is 2.97. The van der Waals surface area contributed by atoms with Crippen LogP contribution < -0.4 is 5.73 Å². The maximum Gasteiger partial charge on any atom is 0.335 e. The van der Waals surface area contributed by atoms with E-state index in [1.165, 1.54) is 0 Å². The van der Waals surface area contributed by atoms with Crippen molar-refractivity contribution in [1.29, 1.82) is 0 Å². The van der Waals surface area contributed by atoms with Crippen molar-refractivity contribution < 1.29 is 25.2 Å². The van der Waals surface area contributed by atoms with Crippen LogP contribution in [0, 0.1) is 0 Å². The Morgan fingerprint density at radius 3 is 2.09 bits per heavy atom. The summed E-state index contributed by atoms with van der Waals surface area (Å²) >= 11 is 0. The monoisotopic (exact) mass is 165 g/mol. The lowest BCUT2D eigenvalue weighted by Crippen LogP contribution is -2.45. The Labute approximate surface area is 62.9 Å². The van der Waals surface area contributed by atoms with E-state index in [2.05, 4.69) is 0 Å². The molecule has 0 heterocycles. The van der Waals surface area contributed by atoms with Gasteiger partial charge in [-0.15, -0.1) is 0 Å². The molecule has 11 heavy (non-hydrogen) atoms. The molecule has 6 nitrogen and oxygen atoms in total. The van der Waals surface area contributed by atoms with Crippen molar-refractivity contribution in [3.8, 4) is 0 Å². The molecule has 0 bridgehead atoms. The van der Waals surface area contributed by atoms with Crippen LogP contribution in [-0.4, -0.2) is 51.3 Å². The summed E-state index contributed by atoms with van der Waals surface area (Å²) in [4.78, 5) is 10.00. The van der Waals surface area contributed by atoms with Crippen LogP contribution >= 0.6 is 0 Å². The normalized spacial score (nSPS) is 18.9. The zero-order valence-corrected chi connectivity index (χ0v) is 5.71. The summed E-state index contributed by atoms with van der Waals surface area (Å²) in [7, 11) is 0. The third-order valence-corrected chi connectivity index (χ3v) is 1.21. The molecule has 3 atom stereocenters. The maximum atomic E-state index is 10.00. The van der Waals surface area contributed by atoms with Gasteiger partial charge in [0.25, 0.3) is 0 Å². The number of hydrogen-bond acceptors (Lipinski definition) is 5. The SMILES string of the molecule is NC[C@@H](O)[C@@H](O)[C@@H](O)C(=O)O. The highest BCUT2D eigenvalue weighted by Crippen LogP contribution is 1.98. The molecule has 0 aliphatic heterocycles. The second kappa shape index (κ2) is 4.24. The minimum absolute atomic E-state index is 0.300. The number of aliphatic carboxylic acids is 1. The van der Waals surface area contributed by atoms with Gasteiger partial charge in [-0.25, -0.2) is 4.79 Å². The van der Waals surface area contributed by atoms with Crippen LogP contribution in [0.2, 0.25) is 0 Å². The molecule has 66 valence electrons. The van der Waals surface area contributed by atoms with Crippen LogP contribution in [0.3, 0.4) is 0 Å². The summed E-state index contributed by atoms with van der Waals surface area (Å²) in [5.41, 5.74) is 4.90. The smallest absolute Gasteiger partial charge is 0.335 e. The Hall–Kier alpha value is -0.690. The Morgan fingerprint density at radius 1 is 1.36 bits per heavy atom. The molecule has 6 N–H and O–H groups in total. The minimum atomic E-state index is -1.99. The summed E-state index contributed by atoms with van der Waals surface area (Å²) < 4.78 is 0. The fourth-order valence-corrected chi connectivity index (χ4v) is 0.496.